The Morgan fingerprint density at radius 1 is 1.25 bits per heavy atom. The van der Waals surface area contributed by atoms with Crippen LogP contribution in [0.4, 0.5) is 0 Å². The minimum absolute atomic E-state index is 0.235. The Kier molecular flexibility index (Phi) is 4.36. The van der Waals surface area contributed by atoms with E-state index in [4.69, 9.17) is 29.4 Å². The van der Waals surface area contributed by atoms with Gasteiger partial charge in [-0.2, -0.15) is 0 Å². The molecular formula is C13H23NO6. The van der Waals surface area contributed by atoms with Gasteiger partial charge < -0.3 is 29.4 Å². The molecule has 2 rings (SSSR count). The molecule has 2 aliphatic heterocycles. The number of esters is 1. The molecule has 0 bridgehead atoms. The van der Waals surface area contributed by atoms with Gasteiger partial charge in [-0.15, -0.1) is 0 Å². The highest BCUT2D eigenvalue weighted by atomic mass is 16.8. The highest BCUT2D eigenvalue weighted by Crippen LogP contribution is 2.39. The first-order chi connectivity index (χ1) is 9.25. The fraction of sp³-hybridized carbons (Fsp3) is 0.923. The maximum absolute atomic E-state index is 11.9. The first kappa shape index (κ1) is 15.7. The smallest absolute Gasteiger partial charge is 0.325 e. The molecule has 116 valence electrons. The summed E-state index contributed by atoms with van der Waals surface area (Å²) >= 11 is 0. The summed E-state index contributed by atoms with van der Waals surface area (Å²) in [5.74, 6) is -1.27. The minimum Gasteiger partial charge on any atom is -0.462 e. The van der Waals surface area contributed by atoms with Gasteiger partial charge in [0, 0.05) is 7.11 Å². The first-order valence-electron chi connectivity index (χ1n) is 6.75. The van der Waals surface area contributed by atoms with Gasteiger partial charge in [-0.25, -0.2) is 0 Å². The van der Waals surface area contributed by atoms with Crippen LogP contribution >= 0.6 is 0 Å². The highest BCUT2D eigenvalue weighted by Gasteiger charge is 2.58. The largest absolute Gasteiger partial charge is 0.462 e. The molecule has 0 spiro atoms. The SMILES string of the molecule is CO[C@@H]1O[C@H]([C@@H](N)C(=O)OC(C)C)[C@H]2OC(C)(C)O[C@@H]12. The molecular weight excluding hydrogens is 266 g/mol. The van der Waals surface area contributed by atoms with Crippen molar-refractivity contribution in [3.8, 4) is 0 Å². The second kappa shape index (κ2) is 5.57. The molecule has 0 aliphatic carbocycles. The predicted molar refractivity (Wildman–Crippen MR) is 68.7 cm³/mol. The molecule has 0 aromatic carbocycles. The van der Waals surface area contributed by atoms with Gasteiger partial charge in [0.25, 0.3) is 0 Å². The molecule has 7 nitrogen and oxygen atoms in total. The van der Waals surface area contributed by atoms with E-state index in [0.29, 0.717) is 0 Å². The molecule has 0 amide bonds. The molecule has 5 atom stereocenters. The van der Waals surface area contributed by atoms with Gasteiger partial charge >= 0.3 is 5.97 Å². The van der Waals surface area contributed by atoms with Crippen LogP contribution in [0, 0.1) is 0 Å². The molecule has 0 unspecified atom stereocenters. The lowest BCUT2D eigenvalue weighted by atomic mass is 10.0. The monoisotopic (exact) mass is 289 g/mol. The van der Waals surface area contributed by atoms with E-state index in [2.05, 4.69) is 0 Å². The fourth-order valence-electron chi connectivity index (χ4n) is 2.52. The Morgan fingerprint density at radius 2 is 1.85 bits per heavy atom. The second-order valence-corrected chi connectivity index (χ2v) is 5.78. The number of rotatable bonds is 4. The third kappa shape index (κ3) is 2.96. The number of hydrogen-bond donors (Lipinski definition) is 1. The van der Waals surface area contributed by atoms with Crippen molar-refractivity contribution in [1.29, 1.82) is 0 Å². The van der Waals surface area contributed by atoms with E-state index in [0.717, 1.165) is 0 Å². The van der Waals surface area contributed by atoms with E-state index in [1.807, 2.05) is 0 Å². The van der Waals surface area contributed by atoms with Gasteiger partial charge in [-0.1, -0.05) is 0 Å². The van der Waals surface area contributed by atoms with Crippen LogP contribution in [0.1, 0.15) is 27.7 Å². The molecule has 2 fully saturated rings. The highest BCUT2D eigenvalue weighted by molar-refractivity contribution is 5.76. The Labute approximate surface area is 118 Å². The molecule has 0 saturated carbocycles. The van der Waals surface area contributed by atoms with Crippen molar-refractivity contribution in [3.63, 3.8) is 0 Å². The van der Waals surface area contributed by atoms with Gasteiger partial charge in [0.1, 0.15) is 24.4 Å². The summed E-state index contributed by atoms with van der Waals surface area (Å²) in [7, 11) is 1.51. The molecule has 0 aromatic rings. The maximum atomic E-state index is 11.9. The molecule has 0 aromatic heterocycles. The summed E-state index contributed by atoms with van der Waals surface area (Å²) in [6, 6.07) is -0.942. The normalized spacial score (nSPS) is 37.0. The van der Waals surface area contributed by atoms with Gasteiger partial charge in [0.15, 0.2) is 12.1 Å². The lowest BCUT2D eigenvalue weighted by molar-refractivity contribution is -0.230. The molecule has 2 aliphatic rings. The molecule has 2 saturated heterocycles. The van der Waals surface area contributed by atoms with Crippen LogP contribution in [0.25, 0.3) is 0 Å². The average molecular weight is 289 g/mol. The Balaban J connectivity index is 2.10. The maximum Gasteiger partial charge on any atom is 0.325 e. The quantitative estimate of drug-likeness (QED) is 0.737. The van der Waals surface area contributed by atoms with Crippen LogP contribution in [-0.2, 0) is 28.5 Å². The molecule has 20 heavy (non-hydrogen) atoms. The van der Waals surface area contributed by atoms with Crippen molar-refractivity contribution in [2.45, 2.75) is 70.2 Å². The van der Waals surface area contributed by atoms with Crippen molar-refractivity contribution < 1.29 is 28.5 Å². The predicted octanol–water partition coefficient (Wildman–Crippen LogP) is 0.157. The second-order valence-electron chi connectivity index (χ2n) is 5.78. The van der Waals surface area contributed by atoms with Crippen LogP contribution < -0.4 is 5.73 Å². The number of carbonyl (C=O) groups excluding carboxylic acids is 1. The van der Waals surface area contributed by atoms with Crippen molar-refractivity contribution in [2.75, 3.05) is 7.11 Å². The van der Waals surface area contributed by atoms with Crippen molar-refractivity contribution in [2.24, 2.45) is 5.73 Å². The summed E-state index contributed by atoms with van der Waals surface area (Å²) in [4.78, 5) is 11.9. The van der Waals surface area contributed by atoms with Crippen LogP contribution in [0.5, 0.6) is 0 Å². The number of ether oxygens (including phenoxy) is 5. The third-order valence-corrected chi connectivity index (χ3v) is 3.26. The van der Waals surface area contributed by atoms with Gasteiger partial charge in [0.2, 0.25) is 0 Å². The van der Waals surface area contributed by atoms with E-state index in [1.165, 1.54) is 7.11 Å². The van der Waals surface area contributed by atoms with Crippen molar-refractivity contribution >= 4 is 5.97 Å². The van der Waals surface area contributed by atoms with E-state index >= 15 is 0 Å². The van der Waals surface area contributed by atoms with Crippen LogP contribution in [0.15, 0.2) is 0 Å². The Morgan fingerprint density at radius 3 is 2.40 bits per heavy atom. The summed E-state index contributed by atoms with van der Waals surface area (Å²) in [6.07, 6.45) is -2.36. The zero-order chi connectivity index (χ0) is 15.1. The summed E-state index contributed by atoms with van der Waals surface area (Å²) < 4.78 is 27.5. The van der Waals surface area contributed by atoms with Crippen LogP contribution in [0.3, 0.4) is 0 Å². The first-order valence-corrected chi connectivity index (χ1v) is 6.75. The number of methoxy groups -OCH3 is 1. The van der Waals surface area contributed by atoms with E-state index < -0.39 is 42.4 Å². The summed E-state index contributed by atoms with van der Waals surface area (Å²) in [5, 5.41) is 0. The lowest BCUT2D eigenvalue weighted by Gasteiger charge is -2.26. The van der Waals surface area contributed by atoms with E-state index in [1.54, 1.807) is 27.7 Å². The summed E-state index contributed by atoms with van der Waals surface area (Å²) in [6.45, 7) is 7.12. The fourth-order valence-corrected chi connectivity index (χ4v) is 2.52. The van der Waals surface area contributed by atoms with Crippen molar-refractivity contribution in [1.82, 2.24) is 0 Å². The number of carbonyl (C=O) groups is 1. The van der Waals surface area contributed by atoms with Gasteiger partial charge in [0.05, 0.1) is 6.10 Å². The topological polar surface area (TPSA) is 89.2 Å². The van der Waals surface area contributed by atoms with Crippen molar-refractivity contribution in [3.05, 3.63) is 0 Å². The van der Waals surface area contributed by atoms with E-state index in [9.17, 15) is 4.79 Å². The minimum atomic E-state index is -0.942. The van der Waals surface area contributed by atoms with Gasteiger partial charge in [-0.05, 0) is 27.7 Å². The zero-order valence-electron chi connectivity index (χ0n) is 12.5. The lowest BCUT2D eigenvalue weighted by Crippen LogP contribution is -2.49. The molecule has 2 N–H and O–H groups in total. The number of nitrogens with two attached hydrogens (primary N) is 1. The number of hydrogen-bond acceptors (Lipinski definition) is 7. The Bertz CT molecular complexity index is 372. The van der Waals surface area contributed by atoms with Crippen LogP contribution in [-0.4, -0.2) is 55.6 Å². The number of fused-ring (bicyclic) bond motifs is 1. The van der Waals surface area contributed by atoms with Gasteiger partial charge in [-0.3, -0.25) is 4.79 Å². The third-order valence-electron chi connectivity index (χ3n) is 3.26. The average Bonchev–Trinajstić information content (AvgIpc) is 2.80. The molecule has 2 heterocycles. The molecule has 0 radical (unpaired) electrons. The van der Waals surface area contributed by atoms with Crippen LogP contribution in [0.2, 0.25) is 0 Å². The Hall–Kier alpha value is -0.730. The van der Waals surface area contributed by atoms with E-state index in [-0.39, 0.29) is 6.10 Å². The zero-order valence-corrected chi connectivity index (χ0v) is 12.5. The summed E-state index contributed by atoms with van der Waals surface area (Å²) in [5.41, 5.74) is 5.94. The standard InChI is InChI=1S/C13H23NO6/c1-6(2)17-11(15)7(14)8-9-10(12(16-5)18-8)20-13(3,4)19-9/h6-10,12H,14H2,1-5H3/t7-,8-,9-,10-,12-/m1/s1. The molecule has 7 heteroatoms.